The summed E-state index contributed by atoms with van der Waals surface area (Å²) in [6.45, 7) is 0.384. The molecule has 0 fully saturated rings. The van der Waals surface area contributed by atoms with Crippen LogP contribution < -0.4 is 14.9 Å². The molecule has 3 aromatic carbocycles. The molecule has 0 unspecified atom stereocenters. The zero-order valence-electron chi connectivity index (χ0n) is 15.6. The zero-order chi connectivity index (χ0) is 20.6. The van der Waals surface area contributed by atoms with Crippen molar-refractivity contribution >= 4 is 35.3 Å². The predicted octanol–water partition coefficient (Wildman–Crippen LogP) is 5.34. The molecule has 7 heteroatoms. The smallest absolute Gasteiger partial charge is 0.272 e. The minimum atomic E-state index is -0.387. The van der Waals surface area contributed by atoms with Crippen LogP contribution in [0.5, 0.6) is 11.5 Å². The Hall–Kier alpha value is -3.02. The monoisotopic (exact) mass is 428 g/mol. The fourth-order valence-corrected chi connectivity index (χ4v) is 2.84. The molecule has 0 aliphatic rings. The van der Waals surface area contributed by atoms with Crippen LogP contribution in [0.15, 0.2) is 71.8 Å². The van der Waals surface area contributed by atoms with E-state index in [-0.39, 0.29) is 5.91 Å². The quantitative estimate of drug-likeness (QED) is 0.407. The summed E-state index contributed by atoms with van der Waals surface area (Å²) in [6, 6.07) is 19.6. The first-order valence-corrected chi connectivity index (χ1v) is 9.45. The number of methoxy groups -OCH3 is 1. The number of carbonyl (C=O) groups excluding carboxylic acids is 1. The van der Waals surface area contributed by atoms with Gasteiger partial charge in [-0.15, -0.1) is 0 Å². The number of rotatable bonds is 7. The van der Waals surface area contributed by atoms with Crippen molar-refractivity contribution in [1.82, 2.24) is 5.43 Å². The van der Waals surface area contributed by atoms with E-state index >= 15 is 0 Å². The number of benzene rings is 3. The van der Waals surface area contributed by atoms with Gasteiger partial charge >= 0.3 is 0 Å². The highest BCUT2D eigenvalue weighted by Gasteiger charge is 2.08. The molecule has 3 rings (SSSR count). The van der Waals surface area contributed by atoms with E-state index in [2.05, 4.69) is 10.5 Å². The first-order chi connectivity index (χ1) is 14.1. The fourth-order valence-electron chi connectivity index (χ4n) is 2.50. The Morgan fingerprint density at radius 1 is 1.03 bits per heavy atom. The second-order valence-corrected chi connectivity index (χ2v) is 6.85. The van der Waals surface area contributed by atoms with E-state index in [4.69, 9.17) is 32.7 Å². The van der Waals surface area contributed by atoms with Crippen molar-refractivity contribution in [3.05, 3.63) is 93.5 Å². The highest BCUT2D eigenvalue weighted by Crippen LogP contribution is 2.28. The van der Waals surface area contributed by atoms with Gasteiger partial charge in [0.25, 0.3) is 5.91 Å². The standard InChI is InChI=1S/C22H18Cl2N2O3/c1-28-21-12-16(13-25-26-22(27)18-4-2-3-5-19(18)24)8-11-20(21)29-14-15-6-9-17(23)10-7-15/h2-13H,14H2,1H3,(H,26,27)/b25-13+. The minimum absolute atomic E-state index is 0.356. The Morgan fingerprint density at radius 3 is 2.52 bits per heavy atom. The van der Waals surface area contributed by atoms with Crippen LogP contribution in [-0.4, -0.2) is 19.2 Å². The molecule has 5 nitrogen and oxygen atoms in total. The molecule has 0 saturated carbocycles. The number of amides is 1. The summed E-state index contributed by atoms with van der Waals surface area (Å²) in [5.74, 6) is 0.766. The maximum atomic E-state index is 12.1. The van der Waals surface area contributed by atoms with E-state index in [9.17, 15) is 4.79 Å². The van der Waals surface area contributed by atoms with E-state index < -0.39 is 0 Å². The van der Waals surface area contributed by atoms with Gasteiger partial charge in [-0.25, -0.2) is 5.43 Å². The summed E-state index contributed by atoms with van der Waals surface area (Å²) in [5.41, 5.74) is 4.54. The van der Waals surface area contributed by atoms with Crippen molar-refractivity contribution in [2.75, 3.05) is 7.11 Å². The molecule has 0 aliphatic heterocycles. The highest BCUT2D eigenvalue weighted by atomic mass is 35.5. The van der Waals surface area contributed by atoms with E-state index in [0.29, 0.717) is 33.7 Å². The van der Waals surface area contributed by atoms with Crippen LogP contribution in [0, 0.1) is 0 Å². The second-order valence-electron chi connectivity index (χ2n) is 6.00. The van der Waals surface area contributed by atoms with Crippen molar-refractivity contribution < 1.29 is 14.3 Å². The van der Waals surface area contributed by atoms with E-state index in [0.717, 1.165) is 11.1 Å². The molecule has 148 valence electrons. The van der Waals surface area contributed by atoms with E-state index in [1.165, 1.54) is 6.21 Å². The third kappa shape index (κ3) is 5.73. The molecule has 0 radical (unpaired) electrons. The van der Waals surface area contributed by atoms with Crippen molar-refractivity contribution in [1.29, 1.82) is 0 Å². The summed E-state index contributed by atoms with van der Waals surface area (Å²) in [7, 11) is 1.56. The maximum Gasteiger partial charge on any atom is 0.272 e. The van der Waals surface area contributed by atoms with Crippen LogP contribution in [0.25, 0.3) is 0 Å². The number of carbonyl (C=O) groups is 1. The van der Waals surface area contributed by atoms with Gasteiger partial charge in [-0.2, -0.15) is 5.10 Å². The molecular formula is C22H18Cl2N2O3. The molecule has 0 atom stereocenters. The van der Waals surface area contributed by atoms with Gasteiger partial charge in [-0.1, -0.05) is 47.5 Å². The van der Waals surface area contributed by atoms with Gasteiger partial charge < -0.3 is 9.47 Å². The van der Waals surface area contributed by atoms with E-state index in [1.54, 1.807) is 43.5 Å². The Kier molecular flexibility index (Phi) is 7.11. The summed E-state index contributed by atoms with van der Waals surface area (Å²) in [5, 5.41) is 5.02. The lowest BCUT2D eigenvalue weighted by atomic mass is 10.2. The van der Waals surface area contributed by atoms with Crippen LogP contribution in [0.2, 0.25) is 10.0 Å². The van der Waals surface area contributed by atoms with Crippen molar-refractivity contribution in [2.24, 2.45) is 5.10 Å². The molecule has 29 heavy (non-hydrogen) atoms. The number of hydrogen-bond acceptors (Lipinski definition) is 4. The molecule has 0 saturated heterocycles. The van der Waals surface area contributed by atoms with Gasteiger partial charge in [0.1, 0.15) is 6.61 Å². The largest absolute Gasteiger partial charge is 0.493 e. The Labute approximate surface area is 178 Å². The molecule has 0 aliphatic carbocycles. The average molecular weight is 429 g/mol. The van der Waals surface area contributed by atoms with Crippen LogP contribution in [0.1, 0.15) is 21.5 Å². The Morgan fingerprint density at radius 2 is 1.79 bits per heavy atom. The number of halogens is 2. The van der Waals surface area contributed by atoms with Crippen LogP contribution in [0.4, 0.5) is 0 Å². The summed E-state index contributed by atoms with van der Waals surface area (Å²) in [4.78, 5) is 12.1. The number of hydrazone groups is 1. The topological polar surface area (TPSA) is 59.9 Å². The Bertz CT molecular complexity index is 1020. The lowest BCUT2D eigenvalue weighted by molar-refractivity contribution is 0.0955. The molecule has 1 N–H and O–H groups in total. The van der Waals surface area contributed by atoms with Crippen LogP contribution >= 0.6 is 23.2 Å². The van der Waals surface area contributed by atoms with Gasteiger partial charge in [0.05, 0.1) is 23.9 Å². The lowest BCUT2D eigenvalue weighted by Crippen LogP contribution is -2.17. The first-order valence-electron chi connectivity index (χ1n) is 8.70. The van der Waals surface area contributed by atoms with Crippen LogP contribution in [0.3, 0.4) is 0 Å². The average Bonchev–Trinajstić information content (AvgIpc) is 2.74. The third-order valence-electron chi connectivity index (χ3n) is 3.99. The van der Waals surface area contributed by atoms with Gasteiger partial charge in [0, 0.05) is 5.02 Å². The van der Waals surface area contributed by atoms with Crippen molar-refractivity contribution in [2.45, 2.75) is 6.61 Å². The third-order valence-corrected chi connectivity index (χ3v) is 4.58. The van der Waals surface area contributed by atoms with Crippen molar-refractivity contribution in [3.8, 4) is 11.5 Å². The predicted molar refractivity (Wildman–Crippen MR) is 115 cm³/mol. The van der Waals surface area contributed by atoms with Gasteiger partial charge in [0.15, 0.2) is 11.5 Å². The summed E-state index contributed by atoms with van der Waals surface area (Å²) >= 11 is 11.9. The molecule has 0 spiro atoms. The fraction of sp³-hybridized carbons (Fsp3) is 0.0909. The maximum absolute atomic E-state index is 12.1. The summed E-state index contributed by atoms with van der Waals surface area (Å²) < 4.78 is 11.2. The van der Waals surface area contributed by atoms with Gasteiger partial charge in [-0.3, -0.25) is 4.79 Å². The zero-order valence-corrected chi connectivity index (χ0v) is 17.1. The number of nitrogens with zero attached hydrogens (tertiary/aromatic N) is 1. The first kappa shape index (κ1) is 20.7. The highest BCUT2D eigenvalue weighted by molar-refractivity contribution is 6.33. The number of ether oxygens (including phenoxy) is 2. The minimum Gasteiger partial charge on any atom is -0.493 e. The van der Waals surface area contributed by atoms with E-state index in [1.807, 2.05) is 30.3 Å². The number of nitrogens with one attached hydrogen (secondary N) is 1. The number of hydrogen-bond donors (Lipinski definition) is 1. The Balaban J connectivity index is 1.63. The molecule has 0 heterocycles. The second kappa shape index (κ2) is 9.96. The molecular weight excluding hydrogens is 411 g/mol. The molecule has 0 bridgehead atoms. The van der Waals surface area contributed by atoms with Gasteiger partial charge in [0.2, 0.25) is 0 Å². The van der Waals surface area contributed by atoms with Crippen molar-refractivity contribution in [3.63, 3.8) is 0 Å². The normalized spacial score (nSPS) is 10.7. The van der Waals surface area contributed by atoms with Gasteiger partial charge in [-0.05, 0) is 53.6 Å². The van der Waals surface area contributed by atoms with Crippen LogP contribution in [-0.2, 0) is 6.61 Å². The summed E-state index contributed by atoms with van der Waals surface area (Å²) in [6.07, 6.45) is 1.51. The molecule has 1 amide bonds. The molecule has 3 aromatic rings. The SMILES string of the molecule is COc1cc(/C=N/NC(=O)c2ccccc2Cl)ccc1OCc1ccc(Cl)cc1. The molecule has 0 aromatic heterocycles. The lowest BCUT2D eigenvalue weighted by Gasteiger charge is -2.11.